The summed E-state index contributed by atoms with van der Waals surface area (Å²) in [6.45, 7) is 0. The number of H-pyrrole nitrogens is 1. The van der Waals surface area contributed by atoms with Crippen molar-refractivity contribution in [3.8, 4) is 0 Å². The van der Waals surface area contributed by atoms with Crippen molar-refractivity contribution in [2.75, 3.05) is 10.6 Å². The Hall–Kier alpha value is -2.52. The number of rotatable bonds is 6. The first-order valence-electron chi connectivity index (χ1n) is 8.43. The number of aromatic nitrogens is 3. The molecule has 9 heteroatoms. The van der Waals surface area contributed by atoms with Crippen molar-refractivity contribution >= 4 is 50.0 Å². The standard InChI is InChI=1S/C18H16BrN5O2S/c19-12-5-3-11(4-6-12)17(26)22-18-20-13(9-27-18)7-16(25)21-15-8-14(23-24-15)10-1-2-10/h3-6,8-10H,1-2,7H2,(H,20,22,26)(H2,21,23,24,25). The highest BCUT2D eigenvalue weighted by Crippen LogP contribution is 2.39. The van der Waals surface area contributed by atoms with Gasteiger partial charge in [0.15, 0.2) is 10.9 Å². The molecule has 3 N–H and O–H groups in total. The topological polar surface area (TPSA) is 99.8 Å². The molecule has 3 aromatic rings. The molecule has 1 aliphatic rings. The van der Waals surface area contributed by atoms with Gasteiger partial charge in [-0.2, -0.15) is 5.10 Å². The molecule has 1 aromatic carbocycles. The summed E-state index contributed by atoms with van der Waals surface area (Å²) in [5, 5.41) is 14.8. The van der Waals surface area contributed by atoms with Gasteiger partial charge in [-0.25, -0.2) is 4.98 Å². The summed E-state index contributed by atoms with van der Waals surface area (Å²) >= 11 is 4.62. The number of nitrogens with one attached hydrogen (secondary N) is 3. The van der Waals surface area contributed by atoms with Crippen LogP contribution in [0.15, 0.2) is 40.2 Å². The Morgan fingerprint density at radius 2 is 2.00 bits per heavy atom. The van der Waals surface area contributed by atoms with E-state index in [9.17, 15) is 9.59 Å². The molecule has 1 fully saturated rings. The third-order valence-corrected chi connectivity index (χ3v) is 5.44. The van der Waals surface area contributed by atoms with Gasteiger partial charge in [0.25, 0.3) is 5.91 Å². The van der Waals surface area contributed by atoms with E-state index in [0.29, 0.717) is 28.1 Å². The van der Waals surface area contributed by atoms with Crippen LogP contribution in [0.1, 0.15) is 40.5 Å². The van der Waals surface area contributed by atoms with E-state index in [4.69, 9.17) is 0 Å². The predicted molar refractivity (Wildman–Crippen MR) is 107 cm³/mol. The van der Waals surface area contributed by atoms with Gasteiger partial charge in [0, 0.05) is 33.1 Å². The quantitative estimate of drug-likeness (QED) is 0.534. The summed E-state index contributed by atoms with van der Waals surface area (Å²) in [7, 11) is 0. The predicted octanol–water partition coefficient (Wildman–Crippen LogP) is 3.94. The molecule has 1 aliphatic carbocycles. The summed E-state index contributed by atoms with van der Waals surface area (Å²) in [5.74, 6) is 0.649. The van der Waals surface area contributed by atoms with E-state index < -0.39 is 0 Å². The van der Waals surface area contributed by atoms with Crippen molar-refractivity contribution in [1.29, 1.82) is 0 Å². The number of hydrogen-bond acceptors (Lipinski definition) is 5. The zero-order chi connectivity index (χ0) is 18.8. The molecule has 0 atom stereocenters. The molecular weight excluding hydrogens is 430 g/mol. The Labute approximate surface area is 167 Å². The minimum atomic E-state index is -0.239. The molecule has 0 unspecified atom stereocenters. The first kappa shape index (κ1) is 17.9. The highest BCUT2D eigenvalue weighted by molar-refractivity contribution is 9.10. The number of carbonyl (C=O) groups is 2. The first-order chi connectivity index (χ1) is 13.1. The van der Waals surface area contributed by atoms with Crippen molar-refractivity contribution < 1.29 is 9.59 Å². The molecule has 2 heterocycles. The largest absolute Gasteiger partial charge is 0.309 e. The maximum atomic E-state index is 12.2. The molecule has 0 saturated heterocycles. The van der Waals surface area contributed by atoms with Crippen molar-refractivity contribution in [3.05, 3.63) is 57.1 Å². The van der Waals surface area contributed by atoms with Crippen molar-refractivity contribution in [2.24, 2.45) is 0 Å². The van der Waals surface area contributed by atoms with Crippen molar-refractivity contribution in [3.63, 3.8) is 0 Å². The van der Waals surface area contributed by atoms with E-state index in [1.807, 2.05) is 6.07 Å². The summed E-state index contributed by atoms with van der Waals surface area (Å²) in [4.78, 5) is 28.7. The van der Waals surface area contributed by atoms with Gasteiger partial charge in [0.2, 0.25) is 5.91 Å². The van der Waals surface area contributed by atoms with Gasteiger partial charge in [-0.3, -0.25) is 20.0 Å². The van der Waals surface area contributed by atoms with Crippen LogP contribution in [-0.4, -0.2) is 27.0 Å². The van der Waals surface area contributed by atoms with Gasteiger partial charge in [-0.1, -0.05) is 15.9 Å². The van der Waals surface area contributed by atoms with Gasteiger partial charge in [-0.05, 0) is 37.1 Å². The maximum absolute atomic E-state index is 12.2. The fourth-order valence-electron chi connectivity index (χ4n) is 2.57. The van der Waals surface area contributed by atoms with Gasteiger partial charge < -0.3 is 5.32 Å². The van der Waals surface area contributed by atoms with Gasteiger partial charge in [-0.15, -0.1) is 11.3 Å². The highest BCUT2D eigenvalue weighted by atomic mass is 79.9. The Balaban J connectivity index is 1.32. The minimum absolute atomic E-state index is 0.121. The van der Waals surface area contributed by atoms with Crippen LogP contribution in [0.4, 0.5) is 10.9 Å². The van der Waals surface area contributed by atoms with E-state index in [1.165, 1.54) is 24.2 Å². The zero-order valence-electron chi connectivity index (χ0n) is 14.2. The minimum Gasteiger partial charge on any atom is -0.309 e. The van der Waals surface area contributed by atoms with Gasteiger partial charge >= 0.3 is 0 Å². The molecule has 0 bridgehead atoms. The molecule has 0 aliphatic heterocycles. The summed E-state index contributed by atoms with van der Waals surface area (Å²) in [6, 6.07) is 8.93. The lowest BCUT2D eigenvalue weighted by atomic mass is 10.2. The average Bonchev–Trinajstić information content (AvgIpc) is 3.24. The fraction of sp³-hybridized carbons (Fsp3) is 0.222. The van der Waals surface area contributed by atoms with E-state index in [-0.39, 0.29) is 18.2 Å². The van der Waals surface area contributed by atoms with Crippen LogP contribution >= 0.6 is 27.3 Å². The molecule has 7 nitrogen and oxygen atoms in total. The van der Waals surface area contributed by atoms with Crippen LogP contribution < -0.4 is 10.6 Å². The van der Waals surface area contributed by atoms with Gasteiger partial charge in [0.05, 0.1) is 12.1 Å². The zero-order valence-corrected chi connectivity index (χ0v) is 16.6. The number of hydrogen-bond donors (Lipinski definition) is 3. The third kappa shape index (κ3) is 4.61. The SMILES string of the molecule is O=C(Cc1csc(NC(=O)c2ccc(Br)cc2)n1)Nc1cc(C2CC2)[nH]n1. The second kappa shape index (κ2) is 7.61. The number of benzene rings is 1. The van der Waals surface area contributed by atoms with Crippen LogP contribution in [0.25, 0.3) is 0 Å². The molecule has 2 amide bonds. The smallest absolute Gasteiger partial charge is 0.257 e. The number of nitrogens with zero attached hydrogens (tertiary/aromatic N) is 2. The van der Waals surface area contributed by atoms with E-state index in [2.05, 4.69) is 41.7 Å². The number of carbonyl (C=O) groups excluding carboxylic acids is 2. The molecule has 27 heavy (non-hydrogen) atoms. The van der Waals surface area contributed by atoms with Crippen LogP contribution in [0.2, 0.25) is 0 Å². The average molecular weight is 446 g/mol. The molecule has 0 spiro atoms. The van der Waals surface area contributed by atoms with E-state index in [0.717, 1.165) is 10.2 Å². The Morgan fingerprint density at radius 3 is 2.74 bits per heavy atom. The Morgan fingerprint density at radius 1 is 1.22 bits per heavy atom. The van der Waals surface area contributed by atoms with Crippen molar-refractivity contribution in [2.45, 2.75) is 25.2 Å². The van der Waals surface area contributed by atoms with Crippen LogP contribution in [0.3, 0.4) is 0 Å². The lowest BCUT2D eigenvalue weighted by Crippen LogP contribution is -2.15. The second-order valence-corrected chi connectivity index (χ2v) is 8.09. The third-order valence-electron chi connectivity index (χ3n) is 4.10. The second-order valence-electron chi connectivity index (χ2n) is 6.31. The molecule has 1 saturated carbocycles. The van der Waals surface area contributed by atoms with Crippen LogP contribution in [0, 0.1) is 0 Å². The molecule has 4 rings (SSSR count). The maximum Gasteiger partial charge on any atom is 0.257 e. The molecule has 2 aromatic heterocycles. The summed E-state index contributed by atoms with van der Waals surface area (Å²) in [5.41, 5.74) is 2.20. The molecular formula is C18H16BrN5O2S. The number of thiazole rings is 1. The highest BCUT2D eigenvalue weighted by Gasteiger charge is 2.25. The fourth-order valence-corrected chi connectivity index (χ4v) is 3.54. The normalized spacial score (nSPS) is 13.4. The lowest BCUT2D eigenvalue weighted by molar-refractivity contribution is -0.115. The number of amides is 2. The van der Waals surface area contributed by atoms with Crippen LogP contribution in [0.5, 0.6) is 0 Å². The number of halogens is 1. The Bertz CT molecular complexity index is 978. The lowest BCUT2D eigenvalue weighted by Gasteiger charge is -2.02. The van der Waals surface area contributed by atoms with E-state index in [1.54, 1.807) is 29.6 Å². The number of anilines is 2. The number of aromatic amines is 1. The van der Waals surface area contributed by atoms with E-state index >= 15 is 0 Å². The summed E-state index contributed by atoms with van der Waals surface area (Å²) in [6.07, 6.45) is 2.46. The van der Waals surface area contributed by atoms with Crippen LogP contribution in [-0.2, 0) is 11.2 Å². The first-order valence-corrected chi connectivity index (χ1v) is 10.1. The summed E-state index contributed by atoms with van der Waals surface area (Å²) < 4.78 is 0.905. The van der Waals surface area contributed by atoms with Crippen molar-refractivity contribution in [1.82, 2.24) is 15.2 Å². The molecule has 0 radical (unpaired) electrons. The Kier molecular flexibility index (Phi) is 5.04. The van der Waals surface area contributed by atoms with Gasteiger partial charge in [0.1, 0.15) is 0 Å². The monoisotopic (exact) mass is 445 g/mol. The molecule has 138 valence electrons.